The van der Waals surface area contributed by atoms with E-state index in [9.17, 15) is 4.79 Å². The second kappa shape index (κ2) is 5.72. The van der Waals surface area contributed by atoms with Gasteiger partial charge in [0.25, 0.3) is 0 Å². The lowest BCUT2D eigenvalue weighted by Crippen LogP contribution is -2.05. The Hall–Kier alpha value is -1.08. The molecule has 0 aliphatic heterocycles. The molecule has 2 heteroatoms. The lowest BCUT2D eigenvalue weighted by atomic mass is 9.96. The van der Waals surface area contributed by atoms with Gasteiger partial charge < -0.3 is 0 Å². The number of carbonyl (C=O) groups is 1. The molecule has 1 aromatic carbocycles. The summed E-state index contributed by atoms with van der Waals surface area (Å²) in [5.41, 5.74) is 1.21. The van der Waals surface area contributed by atoms with E-state index in [4.69, 9.17) is 11.6 Å². The average molecular weight is 223 g/mol. The molecule has 0 radical (unpaired) electrons. The normalized spacial score (nSPS) is 12.1. The lowest BCUT2D eigenvalue weighted by Gasteiger charge is -2.09. The van der Waals surface area contributed by atoms with E-state index in [-0.39, 0.29) is 5.78 Å². The van der Waals surface area contributed by atoms with Crippen LogP contribution in [0, 0.1) is 5.92 Å². The predicted molar refractivity (Wildman–Crippen MR) is 64.1 cm³/mol. The van der Waals surface area contributed by atoms with Crippen LogP contribution in [0.25, 0.3) is 0 Å². The fourth-order valence-electron chi connectivity index (χ4n) is 1.52. The highest BCUT2D eigenvalue weighted by molar-refractivity contribution is 6.30. The van der Waals surface area contributed by atoms with E-state index < -0.39 is 0 Å². The van der Waals surface area contributed by atoms with Gasteiger partial charge in [-0.25, -0.2) is 0 Å². The van der Waals surface area contributed by atoms with E-state index in [0.29, 0.717) is 12.3 Å². The number of halogens is 1. The molecule has 0 bridgehead atoms. The summed E-state index contributed by atoms with van der Waals surface area (Å²) in [7, 11) is 0. The van der Waals surface area contributed by atoms with Crippen LogP contribution in [0.1, 0.15) is 18.9 Å². The molecule has 1 rings (SSSR count). The number of hydrogen-bond acceptors (Lipinski definition) is 1. The van der Waals surface area contributed by atoms with E-state index in [0.717, 1.165) is 11.4 Å². The molecule has 0 spiro atoms. The second-order valence-electron chi connectivity index (χ2n) is 3.81. The van der Waals surface area contributed by atoms with Gasteiger partial charge in [-0.05, 0) is 36.1 Å². The Morgan fingerprint density at radius 1 is 1.47 bits per heavy atom. The number of rotatable bonds is 5. The SMILES string of the molecule is C=CC(=O)C[C@@H](C)Cc1ccc(Cl)cc1. The van der Waals surface area contributed by atoms with Crippen LogP contribution in [0.5, 0.6) is 0 Å². The number of benzene rings is 1. The third-order valence-electron chi connectivity index (χ3n) is 2.27. The van der Waals surface area contributed by atoms with Gasteiger partial charge in [-0.15, -0.1) is 0 Å². The third kappa shape index (κ3) is 4.30. The second-order valence-corrected chi connectivity index (χ2v) is 4.25. The average Bonchev–Trinajstić information content (AvgIpc) is 2.21. The van der Waals surface area contributed by atoms with Crippen molar-refractivity contribution in [1.82, 2.24) is 0 Å². The van der Waals surface area contributed by atoms with Crippen LogP contribution in [0.4, 0.5) is 0 Å². The van der Waals surface area contributed by atoms with Gasteiger partial charge in [0.15, 0.2) is 5.78 Å². The maximum absolute atomic E-state index is 11.1. The summed E-state index contributed by atoms with van der Waals surface area (Å²) >= 11 is 5.79. The topological polar surface area (TPSA) is 17.1 Å². The van der Waals surface area contributed by atoms with Gasteiger partial charge in [-0.3, -0.25) is 4.79 Å². The Bertz CT molecular complexity index is 340. The summed E-state index contributed by atoms with van der Waals surface area (Å²) < 4.78 is 0. The lowest BCUT2D eigenvalue weighted by molar-refractivity contribution is -0.115. The minimum absolute atomic E-state index is 0.108. The molecule has 0 aliphatic rings. The van der Waals surface area contributed by atoms with Crippen molar-refractivity contribution in [1.29, 1.82) is 0 Å². The smallest absolute Gasteiger partial charge is 0.155 e. The van der Waals surface area contributed by atoms with Gasteiger partial charge in [-0.1, -0.05) is 37.2 Å². The first-order chi connectivity index (χ1) is 7.11. The van der Waals surface area contributed by atoms with E-state index in [1.807, 2.05) is 24.3 Å². The molecule has 0 unspecified atom stereocenters. The molecule has 0 saturated carbocycles. The molecule has 1 atom stereocenters. The van der Waals surface area contributed by atoms with Gasteiger partial charge in [0, 0.05) is 11.4 Å². The predicted octanol–water partition coefficient (Wildman–Crippen LogP) is 3.66. The number of ketones is 1. The summed E-state index contributed by atoms with van der Waals surface area (Å²) in [5, 5.41) is 0.744. The van der Waals surface area contributed by atoms with Crippen molar-refractivity contribution in [2.45, 2.75) is 19.8 Å². The molecule has 1 nitrogen and oxygen atoms in total. The maximum atomic E-state index is 11.1. The number of allylic oxidation sites excluding steroid dienone is 1. The highest BCUT2D eigenvalue weighted by Gasteiger charge is 2.07. The summed E-state index contributed by atoms with van der Waals surface area (Å²) in [6, 6.07) is 7.74. The van der Waals surface area contributed by atoms with Crippen LogP contribution in [0.2, 0.25) is 5.02 Å². The van der Waals surface area contributed by atoms with Crippen molar-refractivity contribution < 1.29 is 4.79 Å². The fourth-order valence-corrected chi connectivity index (χ4v) is 1.65. The van der Waals surface area contributed by atoms with Crippen molar-refractivity contribution >= 4 is 17.4 Å². The largest absolute Gasteiger partial charge is 0.295 e. The van der Waals surface area contributed by atoms with E-state index in [2.05, 4.69) is 13.5 Å². The Kier molecular flexibility index (Phi) is 4.57. The van der Waals surface area contributed by atoms with Crippen LogP contribution in [-0.4, -0.2) is 5.78 Å². The molecule has 0 aliphatic carbocycles. The maximum Gasteiger partial charge on any atom is 0.155 e. The zero-order valence-corrected chi connectivity index (χ0v) is 9.63. The van der Waals surface area contributed by atoms with Gasteiger partial charge in [0.1, 0.15) is 0 Å². The Morgan fingerprint density at radius 3 is 2.60 bits per heavy atom. The number of carbonyl (C=O) groups excluding carboxylic acids is 1. The van der Waals surface area contributed by atoms with Gasteiger partial charge >= 0.3 is 0 Å². The van der Waals surface area contributed by atoms with Crippen molar-refractivity contribution in [2.24, 2.45) is 5.92 Å². The van der Waals surface area contributed by atoms with Crippen molar-refractivity contribution in [3.05, 3.63) is 47.5 Å². The first kappa shape index (κ1) is 12.0. The highest BCUT2D eigenvalue weighted by Crippen LogP contribution is 2.15. The van der Waals surface area contributed by atoms with E-state index >= 15 is 0 Å². The molecule has 15 heavy (non-hydrogen) atoms. The van der Waals surface area contributed by atoms with Crippen molar-refractivity contribution in [2.75, 3.05) is 0 Å². The minimum Gasteiger partial charge on any atom is -0.295 e. The highest BCUT2D eigenvalue weighted by atomic mass is 35.5. The van der Waals surface area contributed by atoms with Crippen LogP contribution < -0.4 is 0 Å². The Labute approximate surface area is 95.8 Å². The fraction of sp³-hybridized carbons (Fsp3) is 0.308. The van der Waals surface area contributed by atoms with Crippen LogP contribution in [0.3, 0.4) is 0 Å². The summed E-state index contributed by atoms with van der Waals surface area (Å²) in [5.74, 6) is 0.452. The molecule has 0 aromatic heterocycles. The van der Waals surface area contributed by atoms with E-state index in [1.165, 1.54) is 11.6 Å². The first-order valence-corrected chi connectivity index (χ1v) is 5.39. The zero-order valence-electron chi connectivity index (χ0n) is 8.87. The molecular weight excluding hydrogens is 208 g/mol. The molecule has 0 heterocycles. The standard InChI is InChI=1S/C13H15ClO/c1-3-13(15)9-10(2)8-11-4-6-12(14)7-5-11/h3-7,10H,1,8-9H2,2H3/t10-/m0/s1. The van der Waals surface area contributed by atoms with Crippen LogP contribution in [0.15, 0.2) is 36.9 Å². The Balaban J connectivity index is 2.51. The van der Waals surface area contributed by atoms with Crippen LogP contribution >= 0.6 is 11.6 Å². The third-order valence-corrected chi connectivity index (χ3v) is 2.53. The molecule has 80 valence electrons. The van der Waals surface area contributed by atoms with Gasteiger partial charge in [0.2, 0.25) is 0 Å². The minimum atomic E-state index is 0.108. The monoisotopic (exact) mass is 222 g/mol. The van der Waals surface area contributed by atoms with Crippen molar-refractivity contribution in [3.8, 4) is 0 Å². The molecule has 0 amide bonds. The molecule has 0 fully saturated rings. The van der Waals surface area contributed by atoms with Crippen molar-refractivity contribution in [3.63, 3.8) is 0 Å². The zero-order chi connectivity index (χ0) is 11.3. The molecule has 0 N–H and O–H groups in total. The van der Waals surface area contributed by atoms with E-state index in [1.54, 1.807) is 0 Å². The Morgan fingerprint density at radius 2 is 2.07 bits per heavy atom. The first-order valence-electron chi connectivity index (χ1n) is 5.01. The van der Waals surface area contributed by atoms with Crippen LogP contribution in [-0.2, 0) is 11.2 Å². The quantitative estimate of drug-likeness (QED) is 0.695. The summed E-state index contributed by atoms with van der Waals surface area (Å²) in [6.07, 6.45) is 2.85. The number of hydrogen-bond donors (Lipinski definition) is 0. The molecule has 1 aromatic rings. The van der Waals surface area contributed by atoms with Gasteiger partial charge in [-0.2, -0.15) is 0 Å². The summed E-state index contributed by atoms with van der Waals surface area (Å²) in [4.78, 5) is 11.1. The summed E-state index contributed by atoms with van der Waals surface area (Å²) in [6.45, 7) is 5.53. The van der Waals surface area contributed by atoms with Gasteiger partial charge in [0.05, 0.1) is 0 Å². The molecular formula is C13H15ClO. The molecule has 0 saturated heterocycles.